The van der Waals surface area contributed by atoms with Crippen molar-refractivity contribution in [2.24, 2.45) is 5.73 Å². The van der Waals surface area contributed by atoms with Gasteiger partial charge in [0.1, 0.15) is 9.71 Å². The number of aryl methyl sites for hydroxylation is 2. The van der Waals surface area contributed by atoms with Gasteiger partial charge in [-0.05, 0) is 31.9 Å². The van der Waals surface area contributed by atoms with Crippen LogP contribution in [0, 0.1) is 20.8 Å². The van der Waals surface area contributed by atoms with Crippen LogP contribution in [-0.4, -0.2) is 17.9 Å². The molecular weight excluding hydrogens is 234 g/mol. The van der Waals surface area contributed by atoms with Crippen molar-refractivity contribution < 1.29 is 4.79 Å². The monoisotopic (exact) mass is 249 g/mol. The standard InChI is InChI=1S/C12H15N3OS/c1-5-6(2)8-9(14-4)10(11(13)16)17-12(8)15-7(5)3/h14H,1-4H3,(H2,13,16). The summed E-state index contributed by atoms with van der Waals surface area (Å²) in [6, 6.07) is 0. The molecule has 0 unspecified atom stereocenters. The van der Waals surface area contributed by atoms with Crippen LogP contribution in [0.15, 0.2) is 0 Å². The van der Waals surface area contributed by atoms with Crippen LogP contribution in [-0.2, 0) is 0 Å². The molecule has 2 aromatic heterocycles. The lowest BCUT2D eigenvalue weighted by Gasteiger charge is -2.07. The maximum atomic E-state index is 11.4. The Balaban J connectivity index is 2.93. The Morgan fingerprint density at radius 2 is 1.94 bits per heavy atom. The van der Waals surface area contributed by atoms with E-state index in [2.05, 4.69) is 10.3 Å². The molecule has 17 heavy (non-hydrogen) atoms. The van der Waals surface area contributed by atoms with Crippen molar-refractivity contribution in [2.75, 3.05) is 12.4 Å². The van der Waals surface area contributed by atoms with E-state index in [0.29, 0.717) is 4.88 Å². The van der Waals surface area contributed by atoms with E-state index in [-0.39, 0.29) is 0 Å². The Labute approximate surface area is 104 Å². The van der Waals surface area contributed by atoms with Crippen molar-refractivity contribution >= 4 is 33.1 Å². The van der Waals surface area contributed by atoms with Gasteiger partial charge in [-0.15, -0.1) is 11.3 Å². The number of nitrogens with two attached hydrogens (primary N) is 1. The van der Waals surface area contributed by atoms with Crippen LogP contribution >= 0.6 is 11.3 Å². The Bertz CT molecular complexity index is 616. The lowest BCUT2D eigenvalue weighted by molar-refractivity contribution is 0.100. The Kier molecular flexibility index (Phi) is 2.79. The molecular formula is C12H15N3OS. The van der Waals surface area contributed by atoms with Crippen LogP contribution < -0.4 is 11.1 Å². The summed E-state index contributed by atoms with van der Waals surface area (Å²) in [5.41, 5.74) is 9.48. The Hall–Kier alpha value is -1.62. The third kappa shape index (κ3) is 1.67. The third-order valence-corrected chi connectivity index (χ3v) is 4.21. The minimum Gasteiger partial charge on any atom is -0.386 e. The molecule has 5 heteroatoms. The van der Waals surface area contributed by atoms with Crippen LogP contribution in [0.3, 0.4) is 0 Å². The van der Waals surface area contributed by atoms with E-state index in [9.17, 15) is 4.79 Å². The SMILES string of the molecule is CNc1c(C(N)=O)sc2nc(C)c(C)c(C)c12. The second-order valence-electron chi connectivity index (χ2n) is 4.05. The van der Waals surface area contributed by atoms with Crippen LogP contribution in [0.2, 0.25) is 0 Å². The van der Waals surface area contributed by atoms with E-state index >= 15 is 0 Å². The molecule has 4 nitrogen and oxygen atoms in total. The number of hydrogen-bond acceptors (Lipinski definition) is 4. The molecule has 0 fully saturated rings. The zero-order valence-electron chi connectivity index (χ0n) is 10.3. The summed E-state index contributed by atoms with van der Waals surface area (Å²) in [7, 11) is 1.79. The summed E-state index contributed by atoms with van der Waals surface area (Å²) in [5.74, 6) is -0.410. The average Bonchev–Trinajstić information content (AvgIpc) is 2.64. The van der Waals surface area contributed by atoms with E-state index in [0.717, 1.165) is 32.7 Å². The minimum atomic E-state index is -0.410. The predicted octanol–water partition coefficient (Wildman–Crippen LogP) is 2.36. The first kappa shape index (κ1) is 11.9. The van der Waals surface area contributed by atoms with E-state index in [1.165, 1.54) is 11.3 Å². The molecule has 90 valence electrons. The summed E-state index contributed by atoms with van der Waals surface area (Å²) in [6.07, 6.45) is 0. The molecule has 0 bridgehead atoms. The van der Waals surface area contributed by atoms with Crippen molar-refractivity contribution in [3.8, 4) is 0 Å². The van der Waals surface area contributed by atoms with Crippen LogP contribution in [0.25, 0.3) is 10.2 Å². The molecule has 0 saturated carbocycles. The lowest BCUT2D eigenvalue weighted by Crippen LogP contribution is -2.10. The number of nitrogens with one attached hydrogen (secondary N) is 1. The van der Waals surface area contributed by atoms with E-state index in [1.54, 1.807) is 7.05 Å². The summed E-state index contributed by atoms with van der Waals surface area (Å²) < 4.78 is 0. The zero-order valence-corrected chi connectivity index (χ0v) is 11.2. The van der Waals surface area contributed by atoms with Gasteiger partial charge in [0.25, 0.3) is 5.91 Å². The van der Waals surface area contributed by atoms with Gasteiger partial charge in [-0.2, -0.15) is 0 Å². The normalized spacial score (nSPS) is 10.8. The summed E-state index contributed by atoms with van der Waals surface area (Å²) in [5, 5.41) is 4.07. The van der Waals surface area contributed by atoms with Gasteiger partial charge in [-0.25, -0.2) is 4.98 Å². The number of thiophene rings is 1. The first-order valence-electron chi connectivity index (χ1n) is 5.35. The molecule has 2 aromatic rings. The molecule has 3 N–H and O–H groups in total. The number of primary amides is 1. The number of rotatable bonds is 2. The number of carbonyl (C=O) groups excluding carboxylic acids is 1. The Morgan fingerprint density at radius 3 is 2.47 bits per heavy atom. The van der Waals surface area contributed by atoms with Crippen molar-refractivity contribution in [1.29, 1.82) is 0 Å². The van der Waals surface area contributed by atoms with Crippen molar-refractivity contribution in [1.82, 2.24) is 4.98 Å². The molecule has 2 rings (SSSR count). The number of hydrogen-bond donors (Lipinski definition) is 2. The maximum Gasteiger partial charge on any atom is 0.261 e. The summed E-state index contributed by atoms with van der Waals surface area (Å²) >= 11 is 1.35. The zero-order chi connectivity index (χ0) is 12.7. The molecule has 0 aliphatic rings. The number of anilines is 1. The number of fused-ring (bicyclic) bond motifs is 1. The highest BCUT2D eigenvalue weighted by Gasteiger charge is 2.19. The minimum absolute atomic E-state index is 0.410. The van der Waals surface area contributed by atoms with Gasteiger partial charge in [0.2, 0.25) is 0 Å². The lowest BCUT2D eigenvalue weighted by atomic mass is 10.1. The fourth-order valence-corrected chi connectivity index (χ4v) is 3.09. The van der Waals surface area contributed by atoms with Gasteiger partial charge < -0.3 is 11.1 Å². The van der Waals surface area contributed by atoms with Gasteiger partial charge in [0, 0.05) is 18.1 Å². The molecule has 2 heterocycles. The molecule has 0 spiro atoms. The second-order valence-corrected chi connectivity index (χ2v) is 5.05. The first-order chi connectivity index (χ1) is 7.97. The van der Waals surface area contributed by atoms with Crippen molar-refractivity contribution in [3.05, 3.63) is 21.7 Å². The Morgan fingerprint density at radius 1 is 1.29 bits per heavy atom. The number of nitrogens with zero attached hydrogens (tertiary/aromatic N) is 1. The second kappa shape index (κ2) is 4.00. The van der Waals surface area contributed by atoms with E-state index < -0.39 is 5.91 Å². The molecule has 0 aliphatic carbocycles. The molecule has 0 saturated heterocycles. The van der Waals surface area contributed by atoms with Gasteiger partial charge in [-0.3, -0.25) is 4.79 Å². The molecule has 0 atom stereocenters. The quantitative estimate of drug-likeness (QED) is 0.858. The van der Waals surface area contributed by atoms with Gasteiger partial charge in [0.15, 0.2) is 0 Å². The maximum absolute atomic E-state index is 11.4. The van der Waals surface area contributed by atoms with E-state index in [4.69, 9.17) is 5.73 Å². The number of carbonyl (C=O) groups is 1. The molecule has 1 amide bonds. The molecule has 0 aliphatic heterocycles. The van der Waals surface area contributed by atoms with Crippen molar-refractivity contribution in [3.63, 3.8) is 0 Å². The summed E-state index contributed by atoms with van der Waals surface area (Å²) in [6.45, 7) is 6.06. The van der Waals surface area contributed by atoms with Gasteiger partial charge in [-0.1, -0.05) is 0 Å². The topological polar surface area (TPSA) is 68.0 Å². The van der Waals surface area contributed by atoms with Gasteiger partial charge >= 0.3 is 0 Å². The van der Waals surface area contributed by atoms with Crippen LogP contribution in [0.5, 0.6) is 0 Å². The fraction of sp³-hybridized carbons (Fsp3) is 0.333. The smallest absolute Gasteiger partial charge is 0.261 e. The average molecular weight is 249 g/mol. The predicted molar refractivity (Wildman–Crippen MR) is 71.9 cm³/mol. The first-order valence-corrected chi connectivity index (χ1v) is 6.16. The van der Waals surface area contributed by atoms with Gasteiger partial charge in [0.05, 0.1) is 5.69 Å². The highest BCUT2D eigenvalue weighted by atomic mass is 32.1. The van der Waals surface area contributed by atoms with E-state index in [1.807, 2.05) is 20.8 Å². The summed E-state index contributed by atoms with van der Waals surface area (Å²) in [4.78, 5) is 17.3. The van der Waals surface area contributed by atoms with Crippen LogP contribution in [0.1, 0.15) is 26.5 Å². The number of aromatic nitrogens is 1. The number of amides is 1. The highest BCUT2D eigenvalue weighted by Crippen LogP contribution is 2.37. The van der Waals surface area contributed by atoms with Crippen LogP contribution in [0.4, 0.5) is 5.69 Å². The molecule has 0 radical (unpaired) electrons. The number of pyridine rings is 1. The van der Waals surface area contributed by atoms with Crippen molar-refractivity contribution in [2.45, 2.75) is 20.8 Å². The third-order valence-electron chi connectivity index (χ3n) is 3.11. The fourth-order valence-electron chi connectivity index (χ4n) is 1.95. The largest absolute Gasteiger partial charge is 0.386 e. The molecule has 0 aromatic carbocycles. The highest BCUT2D eigenvalue weighted by molar-refractivity contribution is 7.21.